The highest BCUT2D eigenvalue weighted by atomic mass is 127. The van der Waals surface area contributed by atoms with Crippen molar-refractivity contribution in [2.75, 3.05) is 13.6 Å². The molecule has 1 heterocycles. The Kier molecular flexibility index (Phi) is 5.24. The lowest BCUT2D eigenvalue weighted by Gasteiger charge is -2.17. The molecule has 2 nitrogen and oxygen atoms in total. The van der Waals surface area contributed by atoms with E-state index >= 15 is 0 Å². The van der Waals surface area contributed by atoms with Crippen LogP contribution in [-0.4, -0.2) is 24.4 Å². The Labute approximate surface area is 135 Å². The Balaban J connectivity index is 2.00. The van der Waals surface area contributed by atoms with Gasteiger partial charge in [0.05, 0.1) is 5.02 Å². The van der Waals surface area contributed by atoms with Gasteiger partial charge in [-0.3, -0.25) is 4.79 Å². The Hall–Kier alpha value is -0.590. The molecular weight excluding hydrogens is 393 g/mol. The van der Waals surface area contributed by atoms with Crippen LogP contribution >= 0.6 is 45.5 Å². The van der Waals surface area contributed by atoms with Gasteiger partial charge in [-0.1, -0.05) is 17.7 Å². The fraction of sp³-hybridized carbons (Fsp3) is 0.214. The van der Waals surface area contributed by atoms with Gasteiger partial charge in [0.15, 0.2) is 0 Å². The molecule has 1 amide bonds. The minimum Gasteiger partial charge on any atom is -0.341 e. The fourth-order valence-electron chi connectivity index (χ4n) is 1.68. The minimum absolute atomic E-state index is 0.00913. The molecule has 0 aliphatic rings. The number of hydrogen-bond acceptors (Lipinski definition) is 2. The van der Waals surface area contributed by atoms with Gasteiger partial charge in [-0.05, 0) is 58.7 Å². The Morgan fingerprint density at radius 2 is 2.21 bits per heavy atom. The smallest absolute Gasteiger partial charge is 0.253 e. The molecule has 0 radical (unpaired) electrons. The van der Waals surface area contributed by atoms with Crippen LogP contribution in [0.1, 0.15) is 15.2 Å². The third-order valence-electron chi connectivity index (χ3n) is 2.79. The second kappa shape index (κ2) is 6.72. The maximum absolute atomic E-state index is 12.2. The average Bonchev–Trinajstić information content (AvgIpc) is 2.91. The zero-order valence-corrected chi connectivity index (χ0v) is 14.1. The van der Waals surface area contributed by atoms with Gasteiger partial charge in [-0.2, -0.15) is 0 Å². The third-order valence-corrected chi connectivity index (χ3v) is 5.30. The molecule has 0 N–H and O–H groups in total. The van der Waals surface area contributed by atoms with Crippen molar-refractivity contribution in [1.29, 1.82) is 0 Å². The number of hydrogen-bond donors (Lipinski definition) is 0. The molecule has 0 bridgehead atoms. The summed E-state index contributed by atoms with van der Waals surface area (Å²) in [6.45, 7) is 0.711. The molecule has 0 aliphatic heterocycles. The van der Waals surface area contributed by atoms with Crippen LogP contribution in [0.5, 0.6) is 0 Å². The van der Waals surface area contributed by atoms with E-state index in [-0.39, 0.29) is 5.91 Å². The van der Waals surface area contributed by atoms with E-state index in [4.69, 9.17) is 11.6 Å². The van der Waals surface area contributed by atoms with E-state index in [2.05, 4.69) is 34.0 Å². The topological polar surface area (TPSA) is 20.3 Å². The number of carbonyl (C=O) groups excluding carboxylic acids is 1. The van der Waals surface area contributed by atoms with Crippen LogP contribution in [0.2, 0.25) is 5.02 Å². The summed E-state index contributed by atoms with van der Waals surface area (Å²) >= 11 is 9.91. The molecule has 0 saturated heterocycles. The predicted molar refractivity (Wildman–Crippen MR) is 89.2 cm³/mol. The molecule has 5 heteroatoms. The Bertz CT molecular complexity index is 571. The van der Waals surface area contributed by atoms with Crippen LogP contribution in [0.25, 0.3) is 0 Å². The van der Waals surface area contributed by atoms with Gasteiger partial charge in [-0.25, -0.2) is 0 Å². The quantitative estimate of drug-likeness (QED) is 0.694. The molecule has 0 unspecified atom stereocenters. The Morgan fingerprint density at radius 3 is 2.84 bits per heavy atom. The first kappa shape index (κ1) is 14.8. The highest BCUT2D eigenvalue weighted by Crippen LogP contribution is 2.20. The summed E-state index contributed by atoms with van der Waals surface area (Å²) in [4.78, 5) is 15.3. The molecule has 0 atom stereocenters. The number of thiophene rings is 1. The van der Waals surface area contributed by atoms with Crippen molar-refractivity contribution in [2.45, 2.75) is 6.42 Å². The molecule has 0 fully saturated rings. The number of carbonyl (C=O) groups is 1. The van der Waals surface area contributed by atoms with E-state index in [1.807, 2.05) is 25.2 Å². The largest absolute Gasteiger partial charge is 0.341 e. The van der Waals surface area contributed by atoms with Crippen LogP contribution < -0.4 is 0 Å². The van der Waals surface area contributed by atoms with Gasteiger partial charge < -0.3 is 4.90 Å². The van der Waals surface area contributed by atoms with E-state index in [0.29, 0.717) is 17.1 Å². The molecule has 2 rings (SSSR count). The van der Waals surface area contributed by atoms with Crippen molar-refractivity contribution in [2.24, 2.45) is 0 Å². The van der Waals surface area contributed by atoms with Crippen molar-refractivity contribution in [3.8, 4) is 0 Å². The summed E-state index contributed by atoms with van der Waals surface area (Å²) in [6.07, 6.45) is 0.887. The van der Waals surface area contributed by atoms with E-state index in [1.54, 1.807) is 22.3 Å². The van der Waals surface area contributed by atoms with E-state index in [0.717, 1.165) is 9.99 Å². The van der Waals surface area contributed by atoms with Gasteiger partial charge in [-0.15, -0.1) is 11.3 Å². The lowest BCUT2D eigenvalue weighted by atomic mass is 10.2. The van der Waals surface area contributed by atoms with Crippen molar-refractivity contribution in [3.05, 3.63) is 54.7 Å². The van der Waals surface area contributed by atoms with E-state index < -0.39 is 0 Å². The first-order chi connectivity index (χ1) is 9.08. The van der Waals surface area contributed by atoms with E-state index in [9.17, 15) is 4.79 Å². The molecular formula is C14H13ClINOS. The standard InChI is InChI=1S/C14H13ClINOS/c1-17(7-6-11-3-2-8-19-11)14(18)10-4-5-13(16)12(15)9-10/h2-5,8-9H,6-7H2,1H3. The van der Waals surface area contributed by atoms with Crippen LogP contribution in [0, 0.1) is 3.57 Å². The van der Waals surface area contributed by atoms with Crippen LogP contribution in [0.15, 0.2) is 35.7 Å². The summed E-state index contributed by atoms with van der Waals surface area (Å²) in [5.41, 5.74) is 0.638. The van der Waals surface area contributed by atoms with Gasteiger partial charge in [0.25, 0.3) is 5.91 Å². The number of likely N-dealkylation sites (N-methyl/N-ethyl adjacent to an activating group) is 1. The lowest BCUT2D eigenvalue weighted by Crippen LogP contribution is -2.28. The maximum atomic E-state index is 12.2. The highest BCUT2D eigenvalue weighted by molar-refractivity contribution is 14.1. The maximum Gasteiger partial charge on any atom is 0.253 e. The molecule has 19 heavy (non-hydrogen) atoms. The number of rotatable bonds is 4. The second-order valence-electron chi connectivity index (χ2n) is 4.18. The molecule has 0 spiro atoms. The molecule has 1 aromatic heterocycles. The normalized spacial score (nSPS) is 10.5. The van der Waals surface area contributed by atoms with Crippen LogP contribution in [0.3, 0.4) is 0 Å². The molecule has 0 aliphatic carbocycles. The zero-order chi connectivity index (χ0) is 13.8. The summed E-state index contributed by atoms with van der Waals surface area (Å²) in [5.74, 6) is 0.00913. The van der Waals surface area contributed by atoms with Gasteiger partial charge in [0, 0.05) is 27.6 Å². The average molecular weight is 406 g/mol. The van der Waals surface area contributed by atoms with Crippen LogP contribution in [0.4, 0.5) is 0 Å². The van der Waals surface area contributed by atoms with Crippen LogP contribution in [-0.2, 0) is 6.42 Å². The molecule has 100 valence electrons. The van der Waals surface area contributed by atoms with Crippen molar-refractivity contribution in [3.63, 3.8) is 0 Å². The number of benzene rings is 1. The summed E-state index contributed by atoms with van der Waals surface area (Å²) in [5, 5.41) is 2.67. The number of amides is 1. The van der Waals surface area contributed by atoms with Gasteiger partial charge in [0.1, 0.15) is 0 Å². The highest BCUT2D eigenvalue weighted by Gasteiger charge is 2.13. The van der Waals surface area contributed by atoms with Crippen molar-refractivity contribution >= 4 is 51.4 Å². The second-order valence-corrected chi connectivity index (χ2v) is 6.79. The zero-order valence-electron chi connectivity index (χ0n) is 10.4. The van der Waals surface area contributed by atoms with Gasteiger partial charge >= 0.3 is 0 Å². The first-order valence-electron chi connectivity index (χ1n) is 5.81. The lowest BCUT2D eigenvalue weighted by molar-refractivity contribution is 0.0797. The molecule has 1 aromatic carbocycles. The van der Waals surface area contributed by atoms with Gasteiger partial charge in [0.2, 0.25) is 0 Å². The molecule has 0 saturated carbocycles. The summed E-state index contributed by atoms with van der Waals surface area (Å²) in [6, 6.07) is 9.53. The first-order valence-corrected chi connectivity index (χ1v) is 8.14. The number of nitrogens with zero attached hydrogens (tertiary/aromatic N) is 1. The predicted octanol–water partition coefficient (Wildman–Crippen LogP) is 4.32. The monoisotopic (exact) mass is 405 g/mol. The van der Waals surface area contributed by atoms with E-state index in [1.165, 1.54) is 4.88 Å². The number of halogens is 2. The summed E-state index contributed by atoms with van der Waals surface area (Å²) in [7, 11) is 1.82. The summed E-state index contributed by atoms with van der Waals surface area (Å²) < 4.78 is 0.956. The fourth-order valence-corrected chi connectivity index (χ4v) is 2.90. The van der Waals surface area contributed by atoms with Crippen molar-refractivity contribution in [1.82, 2.24) is 4.90 Å². The third kappa shape index (κ3) is 3.94. The minimum atomic E-state index is 0.00913. The molecule has 2 aromatic rings. The van der Waals surface area contributed by atoms with Crippen molar-refractivity contribution < 1.29 is 4.79 Å². The SMILES string of the molecule is CN(CCc1cccs1)C(=O)c1ccc(I)c(Cl)c1. The Morgan fingerprint density at radius 1 is 1.42 bits per heavy atom.